The number of ether oxygens (including phenoxy) is 1. The maximum absolute atomic E-state index is 12.3. The number of H-pyrrole nitrogens is 1. The van der Waals surface area contributed by atoms with Gasteiger partial charge in [0, 0.05) is 30.6 Å². The number of amides is 1. The van der Waals surface area contributed by atoms with Gasteiger partial charge in [-0.2, -0.15) is 0 Å². The van der Waals surface area contributed by atoms with Gasteiger partial charge < -0.3 is 15.5 Å². The second-order valence-corrected chi connectivity index (χ2v) is 7.41. The van der Waals surface area contributed by atoms with Crippen LogP contribution in [0.15, 0.2) is 48.5 Å². The Morgan fingerprint density at radius 2 is 1.83 bits per heavy atom. The number of hydrogen-bond donors (Lipinski definition) is 3. The second kappa shape index (κ2) is 7.97. The number of nitrogens with one attached hydrogen (secondary N) is 2. The second-order valence-electron chi connectivity index (χ2n) is 7.41. The fraction of sp³-hybridized carbons (Fsp3) is 0.273. The molecule has 29 heavy (non-hydrogen) atoms. The Kier molecular flexibility index (Phi) is 5.22. The summed E-state index contributed by atoms with van der Waals surface area (Å²) in [5.74, 6) is 0.801. The molecule has 0 spiro atoms. The number of nitrogens with two attached hydrogens (primary N) is 1. The van der Waals surface area contributed by atoms with Crippen LogP contribution >= 0.6 is 0 Å². The van der Waals surface area contributed by atoms with Crippen molar-refractivity contribution in [3.63, 3.8) is 0 Å². The SMILES string of the molecule is CN(C(=N)N)C(=O)c1cc2ccc(Oc3ccc(CN4CCCC4)cc3)cc2[nH]1. The fourth-order valence-electron chi connectivity index (χ4n) is 3.57. The van der Waals surface area contributed by atoms with Crippen molar-refractivity contribution >= 4 is 22.8 Å². The summed E-state index contributed by atoms with van der Waals surface area (Å²) < 4.78 is 5.98. The quantitative estimate of drug-likeness (QED) is 0.458. The lowest BCUT2D eigenvalue weighted by Gasteiger charge is -2.14. The molecule has 1 amide bonds. The number of hydrogen-bond acceptors (Lipinski definition) is 4. The van der Waals surface area contributed by atoms with Gasteiger partial charge in [0.25, 0.3) is 5.91 Å². The van der Waals surface area contributed by atoms with Gasteiger partial charge in [0.1, 0.15) is 17.2 Å². The first-order chi connectivity index (χ1) is 14.0. The minimum absolute atomic E-state index is 0.300. The molecule has 7 nitrogen and oxygen atoms in total. The number of nitrogens with zero attached hydrogens (tertiary/aromatic N) is 2. The van der Waals surface area contributed by atoms with Gasteiger partial charge in [-0.1, -0.05) is 12.1 Å². The maximum Gasteiger partial charge on any atom is 0.276 e. The molecule has 1 aliphatic rings. The fourth-order valence-corrected chi connectivity index (χ4v) is 3.57. The Morgan fingerprint density at radius 1 is 1.14 bits per heavy atom. The number of aromatic amines is 1. The molecule has 1 aromatic heterocycles. The summed E-state index contributed by atoms with van der Waals surface area (Å²) in [4.78, 5) is 19.0. The number of aromatic nitrogens is 1. The first-order valence-corrected chi connectivity index (χ1v) is 9.73. The van der Waals surface area contributed by atoms with Crippen molar-refractivity contribution < 1.29 is 9.53 Å². The molecule has 0 atom stereocenters. The summed E-state index contributed by atoms with van der Waals surface area (Å²) in [5, 5.41) is 8.29. The van der Waals surface area contributed by atoms with E-state index in [1.807, 2.05) is 30.3 Å². The van der Waals surface area contributed by atoms with Gasteiger partial charge in [0.05, 0.1) is 0 Å². The lowest BCUT2D eigenvalue weighted by atomic mass is 10.2. The summed E-state index contributed by atoms with van der Waals surface area (Å²) in [6.45, 7) is 3.35. The summed E-state index contributed by atoms with van der Waals surface area (Å²) in [6, 6.07) is 15.6. The van der Waals surface area contributed by atoms with E-state index in [0.717, 1.165) is 28.1 Å². The Balaban J connectivity index is 1.46. The van der Waals surface area contributed by atoms with Crippen molar-refractivity contribution in [2.45, 2.75) is 19.4 Å². The normalized spacial score (nSPS) is 14.2. The van der Waals surface area contributed by atoms with E-state index in [2.05, 4.69) is 22.0 Å². The third-order valence-corrected chi connectivity index (χ3v) is 5.25. The van der Waals surface area contributed by atoms with Crippen molar-refractivity contribution in [3.05, 3.63) is 59.8 Å². The van der Waals surface area contributed by atoms with Crippen molar-refractivity contribution in [1.29, 1.82) is 5.41 Å². The minimum atomic E-state index is -0.357. The van der Waals surface area contributed by atoms with Gasteiger partial charge >= 0.3 is 0 Å². The number of benzene rings is 2. The highest BCUT2D eigenvalue weighted by Crippen LogP contribution is 2.27. The van der Waals surface area contributed by atoms with Crippen molar-refractivity contribution in [2.24, 2.45) is 5.73 Å². The Hall–Kier alpha value is -3.32. The molecule has 1 saturated heterocycles. The van der Waals surface area contributed by atoms with Crippen LogP contribution in [0.1, 0.15) is 28.9 Å². The molecule has 0 bridgehead atoms. The average molecular weight is 391 g/mol. The highest BCUT2D eigenvalue weighted by molar-refractivity contribution is 6.05. The predicted molar refractivity (Wildman–Crippen MR) is 113 cm³/mol. The van der Waals surface area contributed by atoms with E-state index in [1.165, 1.54) is 38.5 Å². The van der Waals surface area contributed by atoms with Crippen LogP contribution in [0, 0.1) is 5.41 Å². The molecular weight excluding hydrogens is 366 g/mol. The van der Waals surface area contributed by atoms with Crippen LogP contribution in [0.3, 0.4) is 0 Å². The Labute approximate surface area is 169 Å². The Morgan fingerprint density at radius 3 is 2.52 bits per heavy atom. The molecule has 0 aliphatic carbocycles. The molecule has 0 radical (unpaired) electrons. The predicted octanol–water partition coefficient (Wildman–Crippen LogP) is 3.52. The van der Waals surface area contributed by atoms with Crippen LogP contribution in [0.4, 0.5) is 0 Å². The summed E-state index contributed by atoms with van der Waals surface area (Å²) >= 11 is 0. The zero-order valence-electron chi connectivity index (χ0n) is 16.4. The van der Waals surface area contributed by atoms with Crippen molar-refractivity contribution in [1.82, 2.24) is 14.8 Å². The van der Waals surface area contributed by atoms with E-state index in [1.54, 1.807) is 6.07 Å². The molecule has 0 unspecified atom stereocenters. The van der Waals surface area contributed by atoms with E-state index in [4.69, 9.17) is 15.9 Å². The number of likely N-dealkylation sites (tertiary alicyclic amines) is 1. The van der Waals surface area contributed by atoms with Crippen LogP contribution < -0.4 is 10.5 Å². The first-order valence-electron chi connectivity index (χ1n) is 9.73. The van der Waals surface area contributed by atoms with Crippen LogP contribution in [-0.2, 0) is 6.54 Å². The lowest BCUT2D eigenvalue weighted by molar-refractivity contribution is 0.0864. The third-order valence-electron chi connectivity index (χ3n) is 5.25. The summed E-state index contributed by atoms with van der Waals surface area (Å²) in [5.41, 5.74) is 7.84. The van der Waals surface area contributed by atoms with E-state index in [9.17, 15) is 4.79 Å². The number of rotatable bonds is 5. The van der Waals surface area contributed by atoms with Gasteiger partial charge in [-0.05, 0) is 61.8 Å². The molecule has 150 valence electrons. The molecule has 4 N–H and O–H groups in total. The van der Waals surface area contributed by atoms with Crippen molar-refractivity contribution in [3.8, 4) is 11.5 Å². The van der Waals surface area contributed by atoms with Crippen LogP contribution in [0.25, 0.3) is 10.9 Å². The standard InChI is InChI=1S/C22H25N5O2/c1-26(22(23)24)21(28)20-12-16-6-9-18(13-19(16)25-20)29-17-7-4-15(5-8-17)14-27-10-2-3-11-27/h4-9,12-13,25H,2-3,10-11,14H2,1H3,(H3,23,24). The number of fused-ring (bicyclic) bond motifs is 1. The molecule has 3 aromatic rings. The molecule has 7 heteroatoms. The average Bonchev–Trinajstić information content (AvgIpc) is 3.37. The highest BCUT2D eigenvalue weighted by Gasteiger charge is 2.16. The van der Waals surface area contributed by atoms with Crippen molar-refractivity contribution in [2.75, 3.05) is 20.1 Å². The third kappa shape index (κ3) is 4.25. The molecule has 2 aromatic carbocycles. The smallest absolute Gasteiger partial charge is 0.276 e. The zero-order valence-corrected chi connectivity index (χ0v) is 16.4. The monoisotopic (exact) mass is 391 g/mol. The summed E-state index contributed by atoms with van der Waals surface area (Å²) in [6.07, 6.45) is 2.58. The molecule has 1 aliphatic heterocycles. The van der Waals surface area contributed by atoms with Gasteiger partial charge in [-0.25, -0.2) is 0 Å². The van der Waals surface area contributed by atoms with E-state index in [-0.39, 0.29) is 11.9 Å². The molecule has 0 saturated carbocycles. The largest absolute Gasteiger partial charge is 0.457 e. The topological polar surface area (TPSA) is 98.4 Å². The number of carbonyl (C=O) groups excluding carboxylic acids is 1. The van der Waals surface area contributed by atoms with Gasteiger partial charge in [0.2, 0.25) is 0 Å². The minimum Gasteiger partial charge on any atom is -0.457 e. The van der Waals surface area contributed by atoms with Gasteiger partial charge in [-0.3, -0.25) is 20.0 Å². The van der Waals surface area contributed by atoms with E-state index < -0.39 is 0 Å². The van der Waals surface area contributed by atoms with Crippen LogP contribution in [0.2, 0.25) is 0 Å². The Bertz CT molecular complexity index is 1040. The molecular formula is C22H25N5O2. The molecule has 4 rings (SSSR count). The highest BCUT2D eigenvalue weighted by atomic mass is 16.5. The number of carbonyl (C=O) groups is 1. The van der Waals surface area contributed by atoms with Gasteiger partial charge in [-0.15, -0.1) is 0 Å². The van der Waals surface area contributed by atoms with E-state index >= 15 is 0 Å². The first kappa shape index (κ1) is 19.0. The zero-order chi connectivity index (χ0) is 20.4. The molecule has 1 fully saturated rings. The van der Waals surface area contributed by atoms with Crippen LogP contribution in [0.5, 0.6) is 11.5 Å². The number of guanidine groups is 1. The maximum atomic E-state index is 12.3. The van der Waals surface area contributed by atoms with E-state index in [0.29, 0.717) is 11.4 Å². The van der Waals surface area contributed by atoms with Gasteiger partial charge in [0.15, 0.2) is 5.96 Å². The van der Waals surface area contributed by atoms with Crippen LogP contribution in [-0.4, -0.2) is 46.8 Å². The summed E-state index contributed by atoms with van der Waals surface area (Å²) in [7, 11) is 1.47. The molecule has 2 heterocycles. The lowest BCUT2D eigenvalue weighted by Crippen LogP contribution is -2.38.